The SMILES string of the molecule is O=C(O)N1CC[C@@H](Nc2nc(-c3c[nH]c4ncc(Cl)cc34)ncc2F)C1. The van der Waals surface area contributed by atoms with Gasteiger partial charge in [-0.15, -0.1) is 0 Å². The highest BCUT2D eigenvalue weighted by atomic mass is 35.5. The van der Waals surface area contributed by atoms with E-state index in [9.17, 15) is 9.18 Å². The molecular weight excluding hydrogens is 363 g/mol. The Hall–Kier alpha value is -2.94. The Morgan fingerprint density at radius 2 is 2.27 bits per heavy atom. The number of carbonyl (C=O) groups is 1. The predicted molar refractivity (Wildman–Crippen MR) is 93.7 cm³/mol. The summed E-state index contributed by atoms with van der Waals surface area (Å²) in [4.78, 5) is 27.8. The molecule has 1 saturated heterocycles. The molecule has 0 aromatic carbocycles. The topological polar surface area (TPSA) is 107 Å². The number of nitrogens with zero attached hydrogens (tertiary/aromatic N) is 4. The van der Waals surface area contributed by atoms with Gasteiger partial charge in [0.25, 0.3) is 0 Å². The number of rotatable bonds is 3. The molecule has 3 N–H and O–H groups in total. The van der Waals surface area contributed by atoms with Crippen molar-refractivity contribution >= 4 is 34.5 Å². The Bertz CT molecular complexity index is 994. The van der Waals surface area contributed by atoms with Crippen molar-refractivity contribution in [1.29, 1.82) is 0 Å². The molecule has 1 atom stereocenters. The zero-order chi connectivity index (χ0) is 18.3. The number of hydrogen-bond donors (Lipinski definition) is 3. The van der Waals surface area contributed by atoms with Crippen LogP contribution in [0.3, 0.4) is 0 Å². The second-order valence-electron chi connectivity index (χ2n) is 6.00. The van der Waals surface area contributed by atoms with Crippen molar-refractivity contribution < 1.29 is 14.3 Å². The van der Waals surface area contributed by atoms with Crippen LogP contribution in [0.2, 0.25) is 5.02 Å². The van der Waals surface area contributed by atoms with E-state index in [0.29, 0.717) is 35.0 Å². The average Bonchev–Trinajstić information content (AvgIpc) is 3.23. The number of H-pyrrole nitrogens is 1. The molecule has 0 unspecified atom stereocenters. The third-order valence-corrected chi connectivity index (χ3v) is 4.49. The van der Waals surface area contributed by atoms with Crippen molar-refractivity contribution in [3.05, 3.63) is 35.5 Å². The number of pyridine rings is 1. The third kappa shape index (κ3) is 3.01. The Morgan fingerprint density at radius 3 is 3.04 bits per heavy atom. The first-order chi connectivity index (χ1) is 12.5. The molecule has 0 bridgehead atoms. The highest BCUT2D eigenvalue weighted by Crippen LogP contribution is 2.28. The van der Waals surface area contributed by atoms with E-state index in [1.165, 1.54) is 11.1 Å². The van der Waals surface area contributed by atoms with Crippen molar-refractivity contribution in [2.24, 2.45) is 0 Å². The van der Waals surface area contributed by atoms with E-state index in [2.05, 4.69) is 25.3 Å². The van der Waals surface area contributed by atoms with Crippen LogP contribution in [-0.2, 0) is 0 Å². The molecule has 0 spiro atoms. The largest absolute Gasteiger partial charge is 0.465 e. The monoisotopic (exact) mass is 376 g/mol. The van der Waals surface area contributed by atoms with Crippen LogP contribution in [-0.4, -0.2) is 55.2 Å². The normalized spacial score (nSPS) is 17.0. The van der Waals surface area contributed by atoms with Crippen LogP contribution in [0, 0.1) is 5.82 Å². The molecule has 134 valence electrons. The molecule has 3 aromatic rings. The molecule has 4 rings (SSSR count). The first-order valence-corrected chi connectivity index (χ1v) is 8.29. The van der Waals surface area contributed by atoms with Gasteiger partial charge < -0.3 is 20.3 Å². The lowest BCUT2D eigenvalue weighted by Gasteiger charge is -2.15. The van der Waals surface area contributed by atoms with Crippen LogP contribution in [0.4, 0.5) is 15.0 Å². The number of amides is 1. The molecule has 0 radical (unpaired) electrons. The van der Waals surface area contributed by atoms with Crippen LogP contribution in [0.5, 0.6) is 0 Å². The van der Waals surface area contributed by atoms with Crippen molar-refractivity contribution in [2.75, 3.05) is 18.4 Å². The first kappa shape index (κ1) is 16.5. The standard InChI is InChI=1S/C16H14ClFN6O2/c17-8-3-10-11(5-20-13(10)19-4-8)14-21-6-12(18)15(23-14)22-9-1-2-24(7-9)16(25)26/h3-6,9H,1-2,7H2,(H,19,20)(H,25,26)(H,21,22,23)/t9-/m1/s1. The van der Waals surface area contributed by atoms with Gasteiger partial charge in [-0.05, 0) is 12.5 Å². The third-order valence-electron chi connectivity index (χ3n) is 4.28. The summed E-state index contributed by atoms with van der Waals surface area (Å²) in [5.74, 6) is -0.243. The zero-order valence-corrected chi connectivity index (χ0v) is 14.2. The number of fused-ring (bicyclic) bond motifs is 1. The lowest BCUT2D eigenvalue weighted by atomic mass is 10.2. The Kier molecular flexibility index (Phi) is 4.08. The quantitative estimate of drug-likeness (QED) is 0.648. The van der Waals surface area contributed by atoms with Gasteiger partial charge in [0.15, 0.2) is 17.5 Å². The number of anilines is 1. The van der Waals surface area contributed by atoms with Crippen molar-refractivity contribution in [2.45, 2.75) is 12.5 Å². The number of aromatic amines is 1. The van der Waals surface area contributed by atoms with Crippen molar-refractivity contribution in [3.8, 4) is 11.4 Å². The second-order valence-corrected chi connectivity index (χ2v) is 6.44. The summed E-state index contributed by atoms with van der Waals surface area (Å²) in [5, 5.41) is 13.2. The summed E-state index contributed by atoms with van der Waals surface area (Å²) in [7, 11) is 0. The summed E-state index contributed by atoms with van der Waals surface area (Å²) in [5.41, 5.74) is 1.27. The second kappa shape index (κ2) is 6.41. The van der Waals surface area contributed by atoms with Gasteiger partial charge >= 0.3 is 6.09 Å². The van der Waals surface area contributed by atoms with Gasteiger partial charge in [-0.2, -0.15) is 0 Å². The van der Waals surface area contributed by atoms with Crippen molar-refractivity contribution in [3.63, 3.8) is 0 Å². The fourth-order valence-electron chi connectivity index (χ4n) is 3.01. The van der Waals surface area contributed by atoms with Crippen LogP contribution < -0.4 is 5.32 Å². The lowest BCUT2D eigenvalue weighted by Crippen LogP contribution is -2.30. The average molecular weight is 377 g/mol. The number of aromatic nitrogens is 4. The van der Waals surface area contributed by atoms with E-state index in [4.69, 9.17) is 16.7 Å². The summed E-state index contributed by atoms with van der Waals surface area (Å²) in [6.45, 7) is 0.680. The van der Waals surface area contributed by atoms with E-state index in [1.807, 2.05) is 0 Å². The molecule has 1 amide bonds. The predicted octanol–water partition coefficient (Wildman–Crippen LogP) is 2.98. The Labute approximate surface area is 152 Å². The molecule has 10 heteroatoms. The highest BCUT2D eigenvalue weighted by Gasteiger charge is 2.27. The minimum Gasteiger partial charge on any atom is -0.465 e. The fourth-order valence-corrected chi connectivity index (χ4v) is 3.16. The summed E-state index contributed by atoms with van der Waals surface area (Å²) >= 11 is 6.00. The molecule has 0 saturated carbocycles. The number of hydrogen-bond acceptors (Lipinski definition) is 5. The van der Waals surface area contributed by atoms with E-state index >= 15 is 0 Å². The van der Waals surface area contributed by atoms with Gasteiger partial charge in [0, 0.05) is 42.5 Å². The molecular formula is C16H14ClFN6O2. The Morgan fingerprint density at radius 1 is 1.42 bits per heavy atom. The number of likely N-dealkylation sites (tertiary alicyclic amines) is 1. The molecule has 1 aliphatic heterocycles. The van der Waals surface area contributed by atoms with Gasteiger partial charge in [-0.3, -0.25) is 0 Å². The minimum atomic E-state index is -0.985. The van der Waals surface area contributed by atoms with E-state index < -0.39 is 11.9 Å². The van der Waals surface area contributed by atoms with Gasteiger partial charge in [-0.1, -0.05) is 11.6 Å². The van der Waals surface area contributed by atoms with E-state index in [0.717, 1.165) is 11.6 Å². The van der Waals surface area contributed by atoms with Crippen LogP contribution in [0.15, 0.2) is 24.7 Å². The van der Waals surface area contributed by atoms with Crippen LogP contribution in [0.1, 0.15) is 6.42 Å². The number of carboxylic acid groups (broad SMARTS) is 1. The van der Waals surface area contributed by atoms with Gasteiger partial charge in [0.2, 0.25) is 0 Å². The Balaban J connectivity index is 1.64. The molecule has 1 aliphatic rings. The van der Waals surface area contributed by atoms with Crippen LogP contribution in [0.25, 0.3) is 22.4 Å². The smallest absolute Gasteiger partial charge is 0.407 e. The molecule has 1 fully saturated rings. The van der Waals surface area contributed by atoms with Crippen LogP contribution >= 0.6 is 11.6 Å². The first-order valence-electron chi connectivity index (χ1n) is 7.91. The maximum absolute atomic E-state index is 14.1. The zero-order valence-electron chi connectivity index (χ0n) is 13.4. The van der Waals surface area contributed by atoms with Gasteiger partial charge in [0.1, 0.15) is 5.65 Å². The number of halogens is 2. The molecule has 3 aromatic heterocycles. The maximum atomic E-state index is 14.1. The van der Waals surface area contributed by atoms with Crippen molar-refractivity contribution in [1.82, 2.24) is 24.8 Å². The summed E-state index contributed by atoms with van der Waals surface area (Å²) in [6.07, 6.45) is 3.90. The number of nitrogens with one attached hydrogen (secondary N) is 2. The maximum Gasteiger partial charge on any atom is 0.407 e. The van der Waals surface area contributed by atoms with Gasteiger partial charge in [0.05, 0.1) is 11.2 Å². The van der Waals surface area contributed by atoms with Gasteiger partial charge in [-0.25, -0.2) is 24.1 Å². The molecule has 8 nitrogen and oxygen atoms in total. The fraction of sp³-hybridized carbons (Fsp3) is 0.250. The molecule has 4 heterocycles. The molecule has 0 aliphatic carbocycles. The summed E-state index contributed by atoms with van der Waals surface area (Å²) in [6, 6.07) is 1.53. The highest BCUT2D eigenvalue weighted by molar-refractivity contribution is 6.31. The molecule has 26 heavy (non-hydrogen) atoms. The lowest BCUT2D eigenvalue weighted by molar-refractivity contribution is 0.155. The minimum absolute atomic E-state index is 0.0385. The van der Waals surface area contributed by atoms with E-state index in [-0.39, 0.29) is 18.4 Å². The summed E-state index contributed by atoms with van der Waals surface area (Å²) < 4.78 is 14.1. The van der Waals surface area contributed by atoms with E-state index in [1.54, 1.807) is 12.3 Å².